The van der Waals surface area contributed by atoms with Crippen LogP contribution in [0.4, 0.5) is 0 Å². The van der Waals surface area contributed by atoms with Crippen molar-refractivity contribution in [2.24, 2.45) is 5.73 Å². The van der Waals surface area contributed by atoms with Crippen LogP contribution in [0.5, 0.6) is 17.2 Å². The van der Waals surface area contributed by atoms with Crippen LogP contribution in [-0.4, -0.2) is 38.9 Å². The number of rotatable bonds is 9. The molecule has 0 aliphatic carbocycles. The predicted octanol–water partition coefficient (Wildman–Crippen LogP) is 4.74. The number of aliphatic carboxylic acids is 1. The minimum absolute atomic E-state index is 0.168. The van der Waals surface area contributed by atoms with Gasteiger partial charge in [0.15, 0.2) is 6.61 Å². The van der Waals surface area contributed by atoms with Crippen LogP contribution in [0.3, 0.4) is 0 Å². The summed E-state index contributed by atoms with van der Waals surface area (Å²) in [5, 5.41) is 11.6. The first-order valence-corrected chi connectivity index (χ1v) is 11.7. The van der Waals surface area contributed by atoms with Crippen LogP contribution in [0.1, 0.15) is 26.3 Å². The van der Waals surface area contributed by atoms with E-state index in [-0.39, 0.29) is 35.8 Å². The molecule has 0 unspecified atom stereocenters. The van der Waals surface area contributed by atoms with Crippen molar-refractivity contribution >= 4 is 39.3 Å². The number of carboxylic acids is 1. The molecule has 0 saturated heterocycles. The summed E-state index contributed by atoms with van der Waals surface area (Å²) in [4.78, 5) is 40.9. The first kappa shape index (κ1) is 24.5. The number of ether oxygens (including phenoxy) is 2. The van der Waals surface area contributed by atoms with Gasteiger partial charge in [0.2, 0.25) is 5.78 Å². The molecule has 0 spiro atoms. The van der Waals surface area contributed by atoms with Crippen molar-refractivity contribution in [3.05, 3.63) is 95.9 Å². The lowest BCUT2D eigenvalue weighted by Crippen LogP contribution is -2.16. The fourth-order valence-electron chi connectivity index (χ4n) is 4.31. The van der Waals surface area contributed by atoms with Crippen LogP contribution in [-0.2, 0) is 11.3 Å². The number of fused-ring (bicyclic) bond motifs is 2. The molecule has 0 fully saturated rings. The van der Waals surface area contributed by atoms with Crippen molar-refractivity contribution in [2.45, 2.75) is 13.5 Å². The lowest BCUT2D eigenvalue weighted by molar-refractivity contribution is -0.137. The molecular formula is C29H23N3O6. The molecule has 2 heterocycles. The Labute approximate surface area is 217 Å². The lowest BCUT2D eigenvalue weighted by atomic mass is 10.0. The summed E-state index contributed by atoms with van der Waals surface area (Å²) in [5.74, 6) is -0.946. The van der Waals surface area contributed by atoms with E-state index in [2.05, 4.69) is 4.98 Å². The summed E-state index contributed by atoms with van der Waals surface area (Å²) in [6.07, 6.45) is 4.66. The second kappa shape index (κ2) is 10.1. The number of aryl methyl sites for hydroxylation is 1. The van der Waals surface area contributed by atoms with Gasteiger partial charge in [-0.3, -0.25) is 19.4 Å². The third-order valence-corrected chi connectivity index (χ3v) is 6.05. The van der Waals surface area contributed by atoms with Gasteiger partial charge in [-0.1, -0.05) is 23.8 Å². The largest absolute Gasteiger partial charge is 0.485 e. The summed E-state index contributed by atoms with van der Waals surface area (Å²) in [6.45, 7) is 1.22. The zero-order valence-corrected chi connectivity index (χ0v) is 20.4. The van der Waals surface area contributed by atoms with Gasteiger partial charge in [-0.25, -0.2) is 0 Å². The van der Waals surface area contributed by atoms with Crippen LogP contribution in [0.2, 0.25) is 0 Å². The van der Waals surface area contributed by atoms with E-state index in [1.54, 1.807) is 54.9 Å². The van der Waals surface area contributed by atoms with E-state index in [0.717, 1.165) is 16.3 Å². The average molecular weight is 510 g/mol. The Morgan fingerprint density at radius 3 is 2.55 bits per heavy atom. The molecule has 0 radical (unpaired) electrons. The maximum absolute atomic E-state index is 13.3. The molecule has 9 nitrogen and oxygen atoms in total. The zero-order valence-electron chi connectivity index (χ0n) is 20.4. The Kier molecular flexibility index (Phi) is 6.49. The quantitative estimate of drug-likeness (QED) is 0.274. The molecule has 3 aromatic carbocycles. The van der Waals surface area contributed by atoms with E-state index in [1.807, 2.05) is 25.1 Å². The number of carbonyl (C=O) groups is 3. The van der Waals surface area contributed by atoms with Crippen molar-refractivity contribution in [2.75, 3.05) is 6.61 Å². The molecule has 0 aliphatic rings. The van der Waals surface area contributed by atoms with Gasteiger partial charge >= 0.3 is 5.97 Å². The molecule has 9 heteroatoms. The fourth-order valence-corrected chi connectivity index (χ4v) is 4.31. The minimum Gasteiger partial charge on any atom is -0.485 e. The molecule has 3 N–H and O–H groups in total. The highest BCUT2D eigenvalue weighted by molar-refractivity contribution is 6.09. The zero-order chi connectivity index (χ0) is 26.8. The Morgan fingerprint density at radius 2 is 1.82 bits per heavy atom. The first-order chi connectivity index (χ1) is 18.3. The number of ketones is 1. The Bertz CT molecular complexity index is 1710. The number of amides is 1. The highest BCUT2D eigenvalue weighted by Gasteiger charge is 2.19. The molecule has 2 aromatic heterocycles. The maximum atomic E-state index is 13.3. The van der Waals surface area contributed by atoms with Gasteiger partial charge in [-0.05, 0) is 54.1 Å². The molecule has 5 rings (SSSR count). The molecule has 1 amide bonds. The van der Waals surface area contributed by atoms with Crippen LogP contribution >= 0.6 is 0 Å². The van der Waals surface area contributed by atoms with Crippen LogP contribution < -0.4 is 15.2 Å². The van der Waals surface area contributed by atoms with E-state index in [4.69, 9.17) is 15.2 Å². The summed E-state index contributed by atoms with van der Waals surface area (Å²) >= 11 is 0. The molecule has 0 bridgehead atoms. The lowest BCUT2D eigenvalue weighted by Gasteiger charge is -2.11. The Morgan fingerprint density at radius 1 is 0.974 bits per heavy atom. The molecule has 0 aliphatic heterocycles. The van der Waals surface area contributed by atoms with E-state index in [1.165, 1.54) is 10.8 Å². The summed E-state index contributed by atoms with van der Waals surface area (Å²) < 4.78 is 13.1. The number of pyridine rings is 1. The second-order valence-electron chi connectivity index (χ2n) is 8.81. The number of carboxylic acid groups (broad SMARTS) is 1. The van der Waals surface area contributed by atoms with E-state index >= 15 is 0 Å². The highest BCUT2D eigenvalue weighted by atomic mass is 16.5. The number of carbonyl (C=O) groups excluding carboxylic acids is 2. The van der Waals surface area contributed by atoms with Gasteiger partial charge in [0.05, 0.1) is 17.3 Å². The van der Waals surface area contributed by atoms with Crippen LogP contribution in [0.25, 0.3) is 21.7 Å². The summed E-state index contributed by atoms with van der Waals surface area (Å²) in [6, 6.07) is 17.6. The third-order valence-electron chi connectivity index (χ3n) is 6.05. The SMILES string of the molecule is Cc1ccc2cc(OCC(=O)c3cn(CC(=O)O)c4cc(Oc5cccnc5)ccc34)c(C(N)=O)cc2c1. The average Bonchev–Trinajstić information content (AvgIpc) is 3.24. The Balaban J connectivity index is 1.45. The number of nitrogens with two attached hydrogens (primary N) is 1. The number of aromatic nitrogens is 2. The van der Waals surface area contributed by atoms with Crippen molar-refractivity contribution in [1.82, 2.24) is 9.55 Å². The molecule has 0 saturated carbocycles. The van der Waals surface area contributed by atoms with E-state index in [9.17, 15) is 19.5 Å². The molecular weight excluding hydrogens is 486 g/mol. The van der Waals surface area contributed by atoms with Crippen molar-refractivity contribution in [1.29, 1.82) is 0 Å². The van der Waals surface area contributed by atoms with Crippen molar-refractivity contribution in [3.63, 3.8) is 0 Å². The monoisotopic (exact) mass is 509 g/mol. The first-order valence-electron chi connectivity index (χ1n) is 11.7. The van der Waals surface area contributed by atoms with Gasteiger partial charge in [-0.2, -0.15) is 0 Å². The van der Waals surface area contributed by atoms with E-state index < -0.39 is 11.9 Å². The number of Topliss-reactive ketones (excluding diaryl/α,β-unsaturated/α-hetero) is 1. The molecule has 5 aromatic rings. The van der Waals surface area contributed by atoms with Gasteiger partial charge in [0, 0.05) is 29.4 Å². The minimum atomic E-state index is -1.06. The standard InChI is InChI=1S/C29H23N3O6/c1-17-4-5-18-11-27(23(29(30)36)10-19(18)9-17)37-16-26(33)24-14-32(15-28(34)35)25-12-20(6-7-22(24)25)38-21-3-2-8-31-13-21/h2-14H,15-16H2,1H3,(H2,30,36)(H,34,35). The summed E-state index contributed by atoms with van der Waals surface area (Å²) in [5.41, 5.74) is 7.57. The van der Waals surface area contributed by atoms with Gasteiger partial charge in [-0.15, -0.1) is 0 Å². The number of primary amides is 1. The number of hydrogen-bond donors (Lipinski definition) is 2. The number of hydrogen-bond acceptors (Lipinski definition) is 6. The topological polar surface area (TPSA) is 134 Å². The normalized spacial score (nSPS) is 11.0. The van der Waals surface area contributed by atoms with Crippen molar-refractivity contribution < 1.29 is 29.0 Å². The van der Waals surface area contributed by atoms with Gasteiger partial charge in [0.25, 0.3) is 5.91 Å². The van der Waals surface area contributed by atoms with E-state index in [0.29, 0.717) is 22.4 Å². The van der Waals surface area contributed by atoms with Gasteiger partial charge < -0.3 is 24.9 Å². The number of benzene rings is 3. The predicted molar refractivity (Wildman–Crippen MR) is 141 cm³/mol. The molecule has 190 valence electrons. The fraction of sp³-hybridized carbons (Fsp3) is 0.103. The summed E-state index contributed by atoms with van der Waals surface area (Å²) in [7, 11) is 0. The second-order valence-corrected chi connectivity index (χ2v) is 8.81. The molecule has 0 atom stereocenters. The van der Waals surface area contributed by atoms with Crippen molar-refractivity contribution in [3.8, 4) is 17.2 Å². The van der Waals surface area contributed by atoms with Gasteiger partial charge in [0.1, 0.15) is 23.8 Å². The highest BCUT2D eigenvalue weighted by Crippen LogP contribution is 2.30. The Hall–Kier alpha value is -5.18. The number of nitrogens with zero attached hydrogens (tertiary/aromatic N) is 2. The smallest absolute Gasteiger partial charge is 0.323 e. The van der Waals surface area contributed by atoms with Crippen LogP contribution in [0, 0.1) is 6.92 Å². The molecule has 38 heavy (non-hydrogen) atoms. The third kappa shape index (κ3) is 5.03. The maximum Gasteiger partial charge on any atom is 0.323 e. The van der Waals surface area contributed by atoms with Crippen LogP contribution in [0.15, 0.2) is 79.3 Å².